The fraction of sp³-hybridized carbons (Fsp3) is 0.625. The maximum Gasteiger partial charge on any atom is 0.149 e. The first-order valence-electron chi connectivity index (χ1n) is 7.58. The van der Waals surface area contributed by atoms with Crippen LogP contribution in [0.25, 0.3) is 0 Å². The number of rotatable bonds is 4. The summed E-state index contributed by atoms with van der Waals surface area (Å²) in [5, 5.41) is 3.55. The molecule has 1 N–H and O–H groups in total. The number of piperazine rings is 1. The second-order valence-corrected chi connectivity index (χ2v) is 6.93. The molecule has 1 aromatic rings. The summed E-state index contributed by atoms with van der Waals surface area (Å²) in [4.78, 5) is 2.10. The van der Waals surface area contributed by atoms with Crippen LogP contribution in [0.15, 0.2) is 16.6 Å². The molecule has 1 aliphatic heterocycles. The first-order chi connectivity index (χ1) is 9.93. The van der Waals surface area contributed by atoms with E-state index in [0.29, 0.717) is 22.1 Å². The molecule has 2 unspecified atom stereocenters. The summed E-state index contributed by atoms with van der Waals surface area (Å²) < 4.78 is 28.0. The summed E-state index contributed by atoms with van der Waals surface area (Å²) in [6, 6.07) is 3.10. The summed E-state index contributed by atoms with van der Waals surface area (Å²) in [6.45, 7) is 8.00. The van der Waals surface area contributed by atoms with Gasteiger partial charge in [0.05, 0.1) is 10.2 Å². The van der Waals surface area contributed by atoms with Gasteiger partial charge in [-0.25, -0.2) is 8.78 Å². The van der Waals surface area contributed by atoms with E-state index in [4.69, 9.17) is 0 Å². The van der Waals surface area contributed by atoms with Crippen LogP contribution in [0.5, 0.6) is 0 Å². The average molecular weight is 361 g/mol. The van der Waals surface area contributed by atoms with Crippen molar-refractivity contribution in [3.63, 3.8) is 0 Å². The van der Waals surface area contributed by atoms with E-state index >= 15 is 0 Å². The van der Waals surface area contributed by atoms with Crippen molar-refractivity contribution in [3.05, 3.63) is 28.2 Å². The Labute approximate surface area is 134 Å². The van der Waals surface area contributed by atoms with Gasteiger partial charge in [0.25, 0.3) is 0 Å². The van der Waals surface area contributed by atoms with E-state index in [0.717, 1.165) is 32.0 Å². The number of hydrogen-bond donors (Lipinski definition) is 1. The van der Waals surface area contributed by atoms with Crippen molar-refractivity contribution in [2.75, 3.05) is 18.0 Å². The van der Waals surface area contributed by atoms with Crippen molar-refractivity contribution < 1.29 is 8.78 Å². The van der Waals surface area contributed by atoms with E-state index < -0.39 is 11.6 Å². The maximum absolute atomic E-state index is 14.2. The van der Waals surface area contributed by atoms with Crippen LogP contribution in [0, 0.1) is 17.6 Å². The highest BCUT2D eigenvalue weighted by Crippen LogP contribution is 2.31. The Morgan fingerprint density at radius 1 is 1.33 bits per heavy atom. The number of anilines is 1. The summed E-state index contributed by atoms with van der Waals surface area (Å²) in [7, 11) is 0. The van der Waals surface area contributed by atoms with Gasteiger partial charge >= 0.3 is 0 Å². The number of nitrogens with zero attached hydrogens (tertiary/aromatic N) is 1. The van der Waals surface area contributed by atoms with Gasteiger partial charge in [-0.3, -0.25) is 0 Å². The van der Waals surface area contributed by atoms with E-state index in [1.807, 2.05) is 0 Å². The number of benzene rings is 1. The highest BCUT2D eigenvalue weighted by atomic mass is 79.9. The predicted molar refractivity (Wildman–Crippen MR) is 86.7 cm³/mol. The lowest BCUT2D eigenvalue weighted by atomic mass is 9.96. The van der Waals surface area contributed by atoms with Crippen molar-refractivity contribution in [2.24, 2.45) is 5.92 Å². The molecule has 1 fully saturated rings. The molecule has 0 aromatic heterocycles. The minimum absolute atomic E-state index is 0.213. The van der Waals surface area contributed by atoms with Gasteiger partial charge in [0.15, 0.2) is 0 Å². The molecule has 0 aliphatic carbocycles. The molecule has 0 bridgehead atoms. The fourth-order valence-corrected chi connectivity index (χ4v) is 3.31. The number of halogens is 3. The molecule has 21 heavy (non-hydrogen) atoms. The zero-order valence-corrected chi connectivity index (χ0v) is 14.4. The lowest BCUT2D eigenvalue weighted by Crippen LogP contribution is -2.58. The maximum atomic E-state index is 14.2. The van der Waals surface area contributed by atoms with Crippen LogP contribution >= 0.6 is 15.9 Å². The summed E-state index contributed by atoms with van der Waals surface area (Å²) in [6.07, 6.45) is 2.15. The SMILES string of the molecule is CCCC1CN(c2cc(Br)c(F)cc2F)C(C(C)C)CN1. The Hall–Kier alpha value is -0.680. The van der Waals surface area contributed by atoms with Crippen molar-refractivity contribution in [1.82, 2.24) is 5.32 Å². The molecule has 0 radical (unpaired) electrons. The topological polar surface area (TPSA) is 15.3 Å². The van der Waals surface area contributed by atoms with Gasteiger partial charge < -0.3 is 10.2 Å². The third-order valence-corrected chi connectivity index (χ3v) is 4.75. The molecule has 1 saturated heterocycles. The van der Waals surface area contributed by atoms with Crippen molar-refractivity contribution in [2.45, 2.75) is 45.7 Å². The van der Waals surface area contributed by atoms with Gasteiger partial charge in [-0.2, -0.15) is 0 Å². The minimum atomic E-state index is -0.558. The molecule has 118 valence electrons. The zero-order chi connectivity index (χ0) is 15.6. The Morgan fingerprint density at radius 2 is 2.05 bits per heavy atom. The van der Waals surface area contributed by atoms with Crippen LogP contribution < -0.4 is 10.2 Å². The van der Waals surface area contributed by atoms with Crippen LogP contribution in [-0.2, 0) is 0 Å². The minimum Gasteiger partial charge on any atom is -0.363 e. The molecule has 1 aliphatic rings. The molecule has 1 aromatic carbocycles. The van der Waals surface area contributed by atoms with Crippen molar-refractivity contribution in [3.8, 4) is 0 Å². The second kappa shape index (κ2) is 7.05. The van der Waals surface area contributed by atoms with E-state index in [-0.39, 0.29) is 6.04 Å². The molecule has 0 amide bonds. The van der Waals surface area contributed by atoms with E-state index in [9.17, 15) is 8.78 Å². The van der Waals surface area contributed by atoms with Gasteiger partial charge in [-0.05, 0) is 34.3 Å². The molecule has 2 rings (SSSR count). The van der Waals surface area contributed by atoms with E-state index in [2.05, 4.69) is 46.9 Å². The van der Waals surface area contributed by atoms with Gasteiger partial charge in [0, 0.05) is 31.2 Å². The normalized spacial score (nSPS) is 22.9. The van der Waals surface area contributed by atoms with E-state index in [1.165, 1.54) is 0 Å². The fourth-order valence-electron chi connectivity index (χ4n) is 2.98. The number of nitrogens with one attached hydrogen (secondary N) is 1. The third kappa shape index (κ3) is 3.75. The van der Waals surface area contributed by atoms with Gasteiger partial charge in [0.1, 0.15) is 11.6 Å². The smallest absolute Gasteiger partial charge is 0.149 e. The molecular formula is C16H23BrF2N2. The Kier molecular flexibility index (Phi) is 5.60. The lowest BCUT2D eigenvalue weighted by molar-refractivity contribution is 0.325. The Morgan fingerprint density at radius 3 is 2.67 bits per heavy atom. The predicted octanol–water partition coefficient (Wildman–Crippen LogP) is 4.33. The quantitative estimate of drug-likeness (QED) is 0.803. The number of hydrogen-bond acceptors (Lipinski definition) is 2. The molecule has 5 heteroatoms. The summed E-state index contributed by atoms with van der Waals surface area (Å²) >= 11 is 3.17. The molecule has 0 saturated carbocycles. The highest BCUT2D eigenvalue weighted by Gasteiger charge is 2.31. The van der Waals surface area contributed by atoms with Crippen LogP contribution in [-0.4, -0.2) is 25.2 Å². The molecule has 2 atom stereocenters. The van der Waals surface area contributed by atoms with E-state index in [1.54, 1.807) is 6.07 Å². The monoisotopic (exact) mass is 360 g/mol. The lowest BCUT2D eigenvalue weighted by Gasteiger charge is -2.44. The van der Waals surface area contributed by atoms with Crippen molar-refractivity contribution in [1.29, 1.82) is 0 Å². The molecular weight excluding hydrogens is 338 g/mol. The standard InChI is InChI=1S/C16H23BrF2N2/c1-4-5-11-9-21(16(8-20-11)10(2)3)15-6-12(17)13(18)7-14(15)19/h6-7,10-11,16,20H,4-5,8-9H2,1-3H3. The van der Waals surface area contributed by atoms with Crippen molar-refractivity contribution >= 4 is 21.6 Å². The first kappa shape index (κ1) is 16.7. The first-order valence-corrected chi connectivity index (χ1v) is 8.37. The summed E-state index contributed by atoms with van der Waals surface area (Å²) in [5.41, 5.74) is 0.490. The van der Waals surface area contributed by atoms with Gasteiger partial charge in [-0.15, -0.1) is 0 Å². The van der Waals surface area contributed by atoms with Crippen LogP contribution in [0.1, 0.15) is 33.6 Å². The Balaban J connectivity index is 2.33. The third-order valence-electron chi connectivity index (χ3n) is 4.14. The molecule has 1 heterocycles. The summed E-state index contributed by atoms with van der Waals surface area (Å²) in [5.74, 6) is -0.653. The molecule has 0 spiro atoms. The molecule has 2 nitrogen and oxygen atoms in total. The van der Waals surface area contributed by atoms with Crippen LogP contribution in [0.2, 0.25) is 0 Å². The average Bonchev–Trinajstić information content (AvgIpc) is 2.43. The second-order valence-electron chi connectivity index (χ2n) is 6.08. The van der Waals surface area contributed by atoms with Crippen LogP contribution in [0.3, 0.4) is 0 Å². The highest BCUT2D eigenvalue weighted by molar-refractivity contribution is 9.10. The van der Waals surface area contributed by atoms with Gasteiger partial charge in [-0.1, -0.05) is 27.2 Å². The van der Waals surface area contributed by atoms with Gasteiger partial charge in [0.2, 0.25) is 0 Å². The zero-order valence-electron chi connectivity index (χ0n) is 12.8. The van der Waals surface area contributed by atoms with Crippen LogP contribution in [0.4, 0.5) is 14.5 Å². The largest absolute Gasteiger partial charge is 0.363 e. The Bertz CT molecular complexity index is 493.